The lowest BCUT2D eigenvalue weighted by Gasteiger charge is -2.19. The topological polar surface area (TPSA) is 59.2 Å². The maximum absolute atomic E-state index is 6.15. The van der Waals surface area contributed by atoms with E-state index in [0.29, 0.717) is 10.8 Å². The Morgan fingerprint density at radius 3 is 2.87 bits per heavy atom. The molecule has 4 rings (SSSR count). The van der Waals surface area contributed by atoms with Crippen molar-refractivity contribution in [1.82, 2.24) is 24.6 Å². The van der Waals surface area contributed by atoms with Crippen molar-refractivity contribution in [3.05, 3.63) is 52.4 Å². The summed E-state index contributed by atoms with van der Waals surface area (Å²) >= 11 is 9.54. The molecule has 0 spiro atoms. The Bertz CT molecular complexity index is 1030. The molecular formula is C15H10BrClN6. The summed E-state index contributed by atoms with van der Waals surface area (Å²) < 4.78 is 2.57. The van der Waals surface area contributed by atoms with E-state index in [-0.39, 0.29) is 0 Å². The molecule has 4 aromatic rings. The SMILES string of the molecule is CN(c1cccc(Br)n1)c1nc2nncn2c2cc(Cl)ccc12. The van der Waals surface area contributed by atoms with E-state index in [1.54, 1.807) is 6.33 Å². The van der Waals surface area contributed by atoms with Crippen LogP contribution in [0.4, 0.5) is 11.6 Å². The molecule has 114 valence electrons. The summed E-state index contributed by atoms with van der Waals surface area (Å²) in [5.41, 5.74) is 0.893. The molecule has 1 aromatic carbocycles. The lowest BCUT2D eigenvalue weighted by Crippen LogP contribution is -2.14. The molecule has 0 fully saturated rings. The zero-order valence-corrected chi connectivity index (χ0v) is 14.3. The molecule has 0 aliphatic rings. The zero-order chi connectivity index (χ0) is 16.0. The highest BCUT2D eigenvalue weighted by Crippen LogP contribution is 2.31. The number of pyridine rings is 1. The molecule has 0 atom stereocenters. The number of hydrogen-bond acceptors (Lipinski definition) is 5. The number of anilines is 2. The highest BCUT2D eigenvalue weighted by atomic mass is 79.9. The van der Waals surface area contributed by atoms with Crippen LogP contribution in [0.3, 0.4) is 0 Å². The molecule has 6 nitrogen and oxygen atoms in total. The fourth-order valence-electron chi connectivity index (χ4n) is 2.47. The molecule has 0 saturated carbocycles. The average molecular weight is 390 g/mol. The average Bonchev–Trinajstić information content (AvgIpc) is 3.02. The van der Waals surface area contributed by atoms with Gasteiger partial charge in [0.25, 0.3) is 5.78 Å². The molecule has 0 N–H and O–H groups in total. The highest BCUT2D eigenvalue weighted by Gasteiger charge is 2.15. The summed E-state index contributed by atoms with van der Waals surface area (Å²) in [6, 6.07) is 11.4. The molecule has 0 bridgehead atoms. The van der Waals surface area contributed by atoms with Crippen molar-refractivity contribution >= 4 is 55.8 Å². The minimum absolute atomic E-state index is 0.511. The maximum Gasteiger partial charge on any atom is 0.257 e. The lowest BCUT2D eigenvalue weighted by molar-refractivity contribution is 1.05. The van der Waals surface area contributed by atoms with E-state index in [2.05, 4.69) is 36.1 Å². The van der Waals surface area contributed by atoms with Gasteiger partial charge in [-0.1, -0.05) is 17.7 Å². The molecule has 0 amide bonds. The molecule has 0 radical (unpaired) electrons. The second-order valence-electron chi connectivity index (χ2n) is 4.98. The van der Waals surface area contributed by atoms with E-state index in [9.17, 15) is 0 Å². The summed E-state index contributed by atoms with van der Waals surface area (Å²) in [5, 5.41) is 9.57. The number of halogens is 2. The number of rotatable bonds is 2. The normalized spacial score (nSPS) is 11.3. The molecule has 8 heteroatoms. The molecule has 23 heavy (non-hydrogen) atoms. The molecule has 0 aliphatic heterocycles. The second kappa shape index (κ2) is 5.43. The Labute approximate surface area is 144 Å². The third-order valence-corrected chi connectivity index (χ3v) is 4.23. The first-order valence-electron chi connectivity index (χ1n) is 6.79. The summed E-state index contributed by atoms with van der Waals surface area (Å²) in [6.45, 7) is 0. The summed E-state index contributed by atoms with van der Waals surface area (Å²) in [6.07, 6.45) is 1.63. The van der Waals surface area contributed by atoms with Gasteiger partial charge in [0.05, 0.1) is 5.52 Å². The van der Waals surface area contributed by atoms with Crippen LogP contribution in [0.1, 0.15) is 0 Å². The summed E-state index contributed by atoms with van der Waals surface area (Å²) in [4.78, 5) is 11.0. The van der Waals surface area contributed by atoms with Crippen molar-refractivity contribution in [2.24, 2.45) is 0 Å². The summed E-state index contributed by atoms with van der Waals surface area (Å²) in [5.74, 6) is 2.02. The monoisotopic (exact) mass is 388 g/mol. The fraction of sp³-hybridized carbons (Fsp3) is 0.0667. The van der Waals surface area contributed by atoms with Crippen LogP contribution in [-0.4, -0.2) is 31.6 Å². The Hall–Kier alpha value is -2.25. The van der Waals surface area contributed by atoms with Crippen LogP contribution < -0.4 is 4.90 Å². The number of nitrogens with zero attached hydrogens (tertiary/aromatic N) is 6. The van der Waals surface area contributed by atoms with Gasteiger partial charge in [-0.25, -0.2) is 4.98 Å². The third-order valence-electron chi connectivity index (χ3n) is 3.56. The van der Waals surface area contributed by atoms with Gasteiger partial charge < -0.3 is 4.90 Å². The van der Waals surface area contributed by atoms with E-state index >= 15 is 0 Å². The van der Waals surface area contributed by atoms with E-state index in [1.807, 2.05) is 52.7 Å². The van der Waals surface area contributed by atoms with Crippen LogP contribution in [0.5, 0.6) is 0 Å². The van der Waals surface area contributed by atoms with Crippen molar-refractivity contribution in [3.8, 4) is 0 Å². The molecule has 0 unspecified atom stereocenters. The van der Waals surface area contributed by atoms with Crippen LogP contribution in [0.15, 0.2) is 47.3 Å². The van der Waals surface area contributed by atoms with Gasteiger partial charge in [0.1, 0.15) is 22.6 Å². The lowest BCUT2D eigenvalue weighted by atomic mass is 10.2. The van der Waals surface area contributed by atoms with Crippen molar-refractivity contribution < 1.29 is 0 Å². The Balaban J connectivity index is 2.01. The minimum atomic E-state index is 0.511. The first-order valence-corrected chi connectivity index (χ1v) is 7.96. The van der Waals surface area contributed by atoms with Gasteiger partial charge >= 0.3 is 0 Å². The quantitative estimate of drug-likeness (QED) is 0.487. The first-order chi connectivity index (χ1) is 11.1. The maximum atomic E-state index is 6.15. The van der Waals surface area contributed by atoms with Crippen molar-refractivity contribution in [2.45, 2.75) is 0 Å². The predicted molar refractivity (Wildman–Crippen MR) is 93.3 cm³/mol. The van der Waals surface area contributed by atoms with Crippen molar-refractivity contribution in [3.63, 3.8) is 0 Å². The molecule has 0 saturated heterocycles. The van der Waals surface area contributed by atoms with Gasteiger partial charge in [0, 0.05) is 17.5 Å². The van der Waals surface area contributed by atoms with E-state index in [0.717, 1.165) is 27.1 Å². The smallest absolute Gasteiger partial charge is 0.257 e. The zero-order valence-electron chi connectivity index (χ0n) is 12.0. The Morgan fingerprint density at radius 1 is 1.17 bits per heavy atom. The van der Waals surface area contributed by atoms with Crippen LogP contribution in [0.25, 0.3) is 16.7 Å². The van der Waals surface area contributed by atoms with E-state index in [1.165, 1.54) is 0 Å². The molecular weight excluding hydrogens is 380 g/mol. The predicted octanol–water partition coefficient (Wildman–Crippen LogP) is 3.86. The van der Waals surface area contributed by atoms with Crippen molar-refractivity contribution in [2.75, 3.05) is 11.9 Å². The molecule has 0 aliphatic carbocycles. The first kappa shape index (κ1) is 14.3. The number of fused-ring (bicyclic) bond motifs is 3. The standard InChI is InChI=1S/C15H10BrClN6/c1-22(13-4-2-3-12(16)19-13)14-10-6-5-9(17)7-11(10)23-8-18-21-15(23)20-14/h2-8H,1H3. The highest BCUT2D eigenvalue weighted by molar-refractivity contribution is 9.10. The fourth-order valence-corrected chi connectivity index (χ4v) is 2.97. The van der Waals surface area contributed by atoms with Gasteiger partial charge in [-0.05, 0) is 46.3 Å². The van der Waals surface area contributed by atoms with Crippen LogP contribution in [0.2, 0.25) is 5.02 Å². The van der Waals surface area contributed by atoms with Gasteiger partial charge in [0.2, 0.25) is 0 Å². The van der Waals surface area contributed by atoms with Gasteiger partial charge in [-0.15, -0.1) is 10.2 Å². The van der Waals surface area contributed by atoms with E-state index in [4.69, 9.17) is 11.6 Å². The van der Waals surface area contributed by atoms with Gasteiger partial charge in [-0.3, -0.25) is 4.40 Å². The number of benzene rings is 1. The molecule has 3 heterocycles. The minimum Gasteiger partial charge on any atom is -0.313 e. The summed E-state index contributed by atoms with van der Waals surface area (Å²) in [7, 11) is 1.91. The molecule has 3 aromatic heterocycles. The van der Waals surface area contributed by atoms with Gasteiger partial charge in [-0.2, -0.15) is 4.98 Å². The van der Waals surface area contributed by atoms with E-state index < -0.39 is 0 Å². The number of hydrogen-bond donors (Lipinski definition) is 0. The van der Waals surface area contributed by atoms with Crippen LogP contribution in [-0.2, 0) is 0 Å². The van der Waals surface area contributed by atoms with Crippen LogP contribution >= 0.6 is 27.5 Å². The number of aromatic nitrogens is 5. The Kier molecular flexibility index (Phi) is 3.39. The largest absolute Gasteiger partial charge is 0.313 e. The Morgan fingerprint density at radius 2 is 2.04 bits per heavy atom. The van der Waals surface area contributed by atoms with Crippen LogP contribution in [0, 0.1) is 0 Å². The van der Waals surface area contributed by atoms with Crippen molar-refractivity contribution in [1.29, 1.82) is 0 Å². The van der Waals surface area contributed by atoms with Gasteiger partial charge in [0.15, 0.2) is 0 Å². The second-order valence-corrected chi connectivity index (χ2v) is 6.22. The third kappa shape index (κ3) is 2.42.